The zero-order valence-electron chi connectivity index (χ0n) is 11.8. The van der Waals surface area contributed by atoms with Gasteiger partial charge in [-0.15, -0.1) is 0 Å². The summed E-state index contributed by atoms with van der Waals surface area (Å²) in [4.78, 5) is 8.33. The second kappa shape index (κ2) is 5.41. The molecule has 0 amide bonds. The molecule has 2 aromatic heterocycles. The van der Waals surface area contributed by atoms with Gasteiger partial charge < -0.3 is 30.9 Å². The molecule has 3 heterocycles. The number of anilines is 1. The monoisotopic (exact) mass is 312 g/mol. The summed E-state index contributed by atoms with van der Waals surface area (Å²) in [6.07, 6.45) is -3.49. The molecule has 0 saturated carbocycles. The number of rotatable bonds is 2. The molecular formula is C12H18N5O5+. The number of fused-ring (bicyclic) bond motifs is 1. The zero-order chi connectivity index (χ0) is 16.0. The number of hydrogen-bond acceptors (Lipinski definition) is 8. The van der Waals surface area contributed by atoms with E-state index in [1.807, 2.05) is 0 Å². The van der Waals surface area contributed by atoms with Crippen molar-refractivity contribution in [3.63, 3.8) is 0 Å². The predicted octanol–water partition coefficient (Wildman–Crippen LogP) is -3.19. The lowest BCUT2D eigenvalue weighted by molar-refractivity contribution is -0.658. The van der Waals surface area contributed by atoms with Crippen LogP contribution in [-0.4, -0.2) is 66.0 Å². The Kier molecular flexibility index (Phi) is 3.70. The summed E-state index contributed by atoms with van der Waals surface area (Å²) < 4.78 is 8.48. The highest BCUT2D eigenvalue weighted by molar-refractivity contribution is 5.79. The molecule has 10 nitrogen and oxygen atoms in total. The summed E-state index contributed by atoms with van der Waals surface area (Å²) in [6, 6.07) is 0. The van der Waals surface area contributed by atoms with Crippen LogP contribution in [-0.2, 0) is 11.8 Å². The van der Waals surface area contributed by atoms with Gasteiger partial charge in [-0.25, -0.2) is 9.55 Å². The minimum atomic E-state index is -1.47. The van der Waals surface area contributed by atoms with Crippen molar-refractivity contribution in [1.29, 1.82) is 0 Å². The first-order chi connectivity index (χ1) is 10.5. The van der Waals surface area contributed by atoms with Gasteiger partial charge in [-0.3, -0.25) is 4.57 Å². The number of imidazole rings is 1. The number of aryl methyl sites for hydroxylation is 1. The molecule has 3 rings (SSSR count). The van der Waals surface area contributed by atoms with Crippen molar-refractivity contribution >= 4 is 17.0 Å². The van der Waals surface area contributed by atoms with Crippen LogP contribution in [0.2, 0.25) is 0 Å². The lowest BCUT2D eigenvalue weighted by atomic mass is 9.98. The van der Waals surface area contributed by atoms with Gasteiger partial charge in [0, 0.05) is 0 Å². The molecule has 6 N–H and O–H groups in total. The Morgan fingerprint density at radius 2 is 2.00 bits per heavy atom. The maximum absolute atomic E-state index is 10.1. The van der Waals surface area contributed by atoms with E-state index in [4.69, 9.17) is 10.5 Å². The topological polar surface area (TPSA) is 151 Å². The van der Waals surface area contributed by atoms with Crippen LogP contribution in [0.15, 0.2) is 12.7 Å². The van der Waals surface area contributed by atoms with E-state index >= 15 is 0 Å². The van der Waals surface area contributed by atoms with E-state index in [1.165, 1.54) is 17.2 Å². The van der Waals surface area contributed by atoms with Crippen LogP contribution in [0.5, 0.6) is 0 Å². The number of nitrogens with zero attached hydrogens (tertiary/aromatic N) is 4. The molecule has 120 valence electrons. The minimum Gasteiger partial charge on any atom is -0.394 e. The van der Waals surface area contributed by atoms with Crippen molar-refractivity contribution in [1.82, 2.24) is 14.5 Å². The number of aliphatic hydroxyl groups excluding tert-OH is 4. The first-order valence-corrected chi connectivity index (χ1v) is 6.73. The Bertz CT molecular complexity index is 690. The van der Waals surface area contributed by atoms with Gasteiger partial charge in [0.1, 0.15) is 30.7 Å². The third-order valence-corrected chi connectivity index (χ3v) is 3.88. The van der Waals surface area contributed by atoms with Crippen molar-refractivity contribution in [2.45, 2.75) is 30.6 Å². The average Bonchev–Trinajstić information content (AvgIpc) is 2.93. The van der Waals surface area contributed by atoms with Crippen molar-refractivity contribution in [3.05, 3.63) is 12.7 Å². The maximum Gasteiger partial charge on any atom is 0.250 e. The summed E-state index contributed by atoms with van der Waals surface area (Å²) in [5.74, 6) is 0.383. The number of nitrogen functional groups attached to an aromatic ring is 1. The summed E-state index contributed by atoms with van der Waals surface area (Å²) in [5, 5.41) is 39.1. The summed E-state index contributed by atoms with van der Waals surface area (Å²) in [5.41, 5.74) is 6.69. The Hall–Kier alpha value is -1.85. The second-order valence-electron chi connectivity index (χ2n) is 5.28. The highest BCUT2D eigenvalue weighted by atomic mass is 16.6. The Morgan fingerprint density at radius 3 is 2.68 bits per heavy atom. The Labute approximate surface area is 125 Å². The molecule has 10 heteroatoms. The van der Waals surface area contributed by atoms with Crippen molar-refractivity contribution in [2.75, 3.05) is 12.3 Å². The second-order valence-corrected chi connectivity index (χ2v) is 5.28. The Morgan fingerprint density at radius 1 is 1.27 bits per heavy atom. The molecule has 1 saturated heterocycles. The Balaban J connectivity index is 2.05. The van der Waals surface area contributed by atoms with E-state index in [0.717, 1.165) is 0 Å². The van der Waals surface area contributed by atoms with Crippen LogP contribution >= 0.6 is 0 Å². The minimum absolute atomic E-state index is 0.361. The van der Waals surface area contributed by atoms with E-state index in [9.17, 15) is 20.4 Å². The largest absolute Gasteiger partial charge is 0.394 e. The normalized spacial score (nSPS) is 32.5. The number of hydrogen-bond donors (Lipinski definition) is 5. The predicted molar refractivity (Wildman–Crippen MR) is 72.1 cm³/mol. The van der Waals surface area contributed by atoms with Crippen LogP contribution in [0, 0.1) is 0 Å². The fourth-order valence-electron chi connectivity index (χ4n) is 2.53. The molecule has 1 aliphatic rings. The van der Waals surface area contributed by atoms with E-state index in [-0.39, 0.29) is 0 Å². The van der Waals surface area contributed by atoms with Gasteiger partial charge >= 0.3 is 0 Å². The van der Waals surface area contributed by atoms with E-state index in [2.05, 4.69) is 9.97 Å². The van der Waals surface area contributed by atoms with Crippen molar-refractivity contribution in [3.8, 4) is 0 Å². The first-order valence-electron chi connectivity index (χ1n) is 6.73. The summed E-state index contributed by atoms with van der Waals surface area (Å²) in [6.45, 7) is -0.501. The van der Waals surface area contributed by atoms with E-state index in [1.54, 1.807) is 11.6 Å². The molecule has 1 fully saturated rings. The molecule has 22 heavy (non-hydrogen) atoms. The average molecular weight is 312 g/mol. The first kappa shape index (κ1) is 15.1. The molecule has 0 unspecified atom stereocenters. The molecule has 1 aliphatic heterocycles. The molecule has 0 radical (unpaired) electrons. The maximum atomic E-state index is 10.1. The quantitative estimate of drug-likeness (QED) is 0.364. The van der Waals surface area contributed by atoms with Gasteiger partial charge in [-0.05, 0) is 0 Å². The lowest BCUT2D eigenvalue weighted by Crippen LogP contribution is -2.56. The van der Waals surface area contributed by atoms with Gasteiger partial charge in [-0.2, -0.15) is 0 Å². The fourth-order valence-corrected chi connectivity index (χ4v) is 2.53. The van der Waals surface area contributed by atoms with Gasteiger partial charge in [-0.1, -0.05) is 4.98 Å². The van der Waals surface area contributed by atoms with Gasteiger partial charge in [0.2, 0.25) is 12.0 Å². The lowest BCUT2D eigenvalue weighted by Gasteiger charge is -2.40. The standard InChI is InChI=1S/C12H17N5O5/c1-16-3-15-11-6(10(16)13)14-4-17(11)12-9(21)8(20)7(19)5(2-18)22-12/h3-5,7-9,12-13,18-21H,2H2,1H3/p+1/t5-,7-,8+,9-,12-/m1/s1. The van der Waals surface area contributed by atoms with Gasteiger partial charge in [0.05, 0.1) is 13.7 Å². The highest BCUT2D eigenvalue weighted by Crippen LogP contribution is 2.30. The summed E-state index contributed by atoms with van der Waals surface area (Å²) >= 11 is 0. The van der Waals surface area contributed by atoms with Gasteiger partial charge in [0.25, 0.3) is 5.82 Å². The fraction of sp³-hybridized carbons (Fsp3) is 0.583. The number of aromatic nitrogens is 4. The van der Waals surface area contributed by atoms with Gasteiger partial charge in [0.15, 0.2) is 11.7 Å². The molecule has 0 bridgehead atoms. The molecule has 5 atom stereocenters. The molecule has 2 aromatic rings. The highest BCUT2D eigenvalue weighted by Gasteiger charge is 2.45. The zero-order valence-corrected chi connectivity index (χ0v) is 11.8. The van der Waals surface area contributed by atoms with E-state index < -0.39 is 37.3 Å². The van der Waals surface area contributed by atoms with Crippen molar-refractivity contribution < 1.29 is 29.7 Å². The molecule has 0 aliphatic carbocycles. The SMILES string of the molecule is C[n+]1cnc2c(ncn2[C@@H]2O[C@H](CO)[C@@H](O)[C@H](O)[C@H]2O)c1N. The van der Waals surface area contributed by atoms with Crippen LogP contribution in [0.4, 0.5) is 5.82 Å². The molecule has 0 spiro atoms. The number of ether oxygens (including phenoxy) is 1. The summed E-state index contributed by atoms with van der Waals surface area (Å²) in [7, 11) is 1.72. The van der Waals surface area contributed by atoms with E-state index in [0.29, 0.717) is 17.0 Å². The van der Waals surface area contributed by atoms with Crippen molar-refractivity contribution in [2.24, 2.45) is 7.05 Å². The van der Waals surface area contributed by atoms with Crippen LogP contribution < -0.4 is 10.3 Å². The number of nitrogens with two attached hydrogens (primary N) is 1. The number of aliphatic hydroxyl groups is 4. The molecular weight excluding hydrogens is 294 g/mol. The third-order valence-electron chi connectivity index (χ3n) is 3.88. The van der Waals surface area contributed by atoms with Crippen LogP contribution in [0.1, 0.15) is 6.23 Å². The smallest absolute Gasteiger partial charge is 0.250 e. The van der Waals surface area contributed by atoms with Crippen LogP contribution in [0.3, 0.4) is 0 Å². The molecule has 0 aromatic carbocycles. The van der Waals surface area contributed by atoms with Crippen LogP contribution in [0.25, 0.3) is 11.2 Å². The third kappa shape index (κ3) is 2.12.